The first kappa shape index (κ1) is 21.1. The fourth-order valence-electron chi connectivity index (χ4n) is 3.36. The average Bonchev–Trinajstić information content (AvgIpc) is 3.16. The van der Waals surface area contributed by atoms with Gasteiger partial charge < -0.3 is 14.2 Å². The zero-order valence-corrected chi connectivity index (χ0v) is 18.3. The van der Waals surface area contributed by atoms with E-state index in [1.807, 2.05) is 49.4 Å². The number of benzene rings is 2. The van der Waals surface area contributed by atoms with E-state index < -0.39 is 0 Å². The number of ether oxygens (including phenoxy) is 3. The number of hydrogen-bond donors (Lipinski definition) is 0. The second kappa shape index (κ2) is 8.93. The summed E-state index contributed by atoms with van der Waals surface area (Å²) in [6.45, 7) is 2.21. The van der Waals surface area contributed by atoms with Gasteiger partial charge >= 0.3 is 5.69 Å². The normalized spacial score (nSPS) is 10.8. The smallest absolute Gasteiger partial charge is 0.368 e. The van der Waals surface area contributed by atoms with E-state index in [9.17, 15) is 4.79 Å². The summed E-state index contributed by atoms with van der Waals surface area (Å²) < 4.78 is 19.2. The molecule has 0 saturated carbocycles. The summed E-state index contributed by atoms with van der Waals surface area (Å²) >= 11 is 0. The van der Waals surface area contributed by atoms with Crippen LogP contribution in [0.25, 0.3) is 16.8 Å². The van der Waals surface area contributed by atoms with Crippen molar-refractivity contribution in [3.05, 3.63) is 76.3 Å². The Balaban J connectivity index is 1.65. The molecule has 164 valence electrons. The van der Waals surface area contributed by atoms with Crippen molar-refractivity contribution in [3.63, 3.8) is 0 Å². The highest BCUT2D eigenvalue weighted by Gasteiger charge is 2.14. The van der Waals surface area contributed by atoms with Crippen LogP contribution < -0.4 is 19.9 Å². The fraction of sp³-hybridized carbons (Fsp3) is 0.217. The van der Waals surface area contributed by atoms with Crippen LogP contribution >= 0.6 is 0 Å². The molecule has 0 fully saturated rings. The van der Waals surface area contributed by atoms with Gasteiger partial charge in [-0.2, -0.15) is 9.36 Å². The van der Waals surface area contributed by atoms with Gasteiger partial charge in [-0.05, 0) is 53.2 Å². The number of hydrogen-bond acceptors (Lipinski definition) is 7. The second-order valence-electron chi connectivity index (χ2n) is 7.11. The molecule has 0 aliphatic rings. The standard InChI is InChI=1S/C23H23N5O4/c1-15-6-5-7-20(28-23(29)27(2)25-26-28)19(15)14-32-17-9-10-21(30-3)18(12-17)16-8-11-22(31-4)24-13-16/h5-13H,14H2,1-4H3. The molecule has 0 bridgehead atoms. The van der Waals surface area contributed by atoms with E-state index in [0.717, 1.165) is 22.3 Å². The molecule has 0 unspecified atom stereocenters. The maximum atomic E-state index is 12.4. The van der Waals surface area contributed by atoms with Gasteiger partial charge in [0.05, 0.1) is 19.9 Å². The van der Waals surface area contributed by atoms with E-state index in [-0.39, 0.29) is 12.3 Å². The highest BCUT2D eigenvalue weighted by molar-refractivity contribution is 5.71. The number of aryl methyl sites for hydroxylation is 2. The SMILES string of the molecule is COc1ccc(-c2cc(OCc3c(C)cccc3-n3nnn(C)c3=O)ccc2OC)cn1. The van der Waals surface area contributed by atoms with Crippen LogP contribution in [0.5, 0.6) is 17.4 Å². The van der Waals surface area contributed by atoms with E-state index in [4.69, 9.17) is 14.2 Å². The van der Waals surface area contributed by atoms with Crippen LogP contribution in [0.4, 0.5) is 0 Å². The molecule has 2 heterocycles. The number of methoxy groups -OCH3 is 2. The zero-order chi connectivity index (χ0) is 22.7. The summed E-state index contributed by atoms with van der Waals surface area (Å²) in [4.78, 5) is 16.6. The summed E-state index contributed by atoms with van der Waals surface area (Å²) in [5.74, 6) is 1.88. The molecule has 0 aliphatic heterocycles. The molecule has 0 spiro atoms. The molecule has 4 rings (SSSR count). The van der Waals surface area contributed by atoms with E-state index in [2.05, 4.69) is 15.4 Å². The van der Waals surface area contributed by atoms with Gasteiger partial charge in [-0.25, -0.2) is 9.78 Å². The predicted molar refractivity (Wildman–Crippen MR) is 118 cm³/mol. The minimum Gasteiger partial charge on any atom is -0.496 e. The molecule has 0 amide bonds. The Morgan fingerprint density at radius 2 is 1.84 bits per heavy atom. The molecule has 2 aromatic heterocycles. The highest BCUT2D eigenvalue weighted by atomic mass is 16.5. The molecule has 0 N–H and O–H groups in total. The molecule has 4 aromatic rings. The van der Waals surface area contributed by atoms with Crippen LogP contribution in [0.15, 0.2) is 59.5 Å². The third-order valence-corrected chi connectivity index (χ3v) is 5.15. The van der Waals surface area contributed by atoms with Gasteiger partial charge in [0.25, 0.3) is 0 Å². The molecule has 2 aromatic carbocycles. The van der Waals surface area contributed by atoms with Gasteiger partial charge in [0.2, 0.25) is 5.88 Å². The Morgan fingerprint density at radius 3 is 2.50 bits per heavy atom. The first-order valence-corrected chi connectivity index (χ1v) is 9.91. The number of aromatic nitrogens is 5. The minimum atomic E-state index is -0.324. The number of rotatable bonds is 7. The molecule has 9 heteroatoms. The van der Waals surface area contributed by atoms with E-state index >= 15 is 0 Å². The van der Waals surface area contributed by atoms with Crippen molar-refractivity contribution < 1.29 is 14.2 Å². The molecule has 0 radical (unpaired) electrons. The molecular formula is C23H23N5O4. The highest BCUT2D eigenvalue weighted by Crippen LogP contribution is 2.34. The van der Waals surface area contributed by atoms with Crippen LogP contribution in [0.2, 0.25) is 0 Å². The molecular weight excluding hydrogens is 410 g/mol. The lowest BCUT2D eigenvalue weighted by atomic mass is 10.1. The van der Waals surface area contributed by atoms with Crippen LogP contribution in [0, 0.1) is 6.92 Å². The molecule has 0 aliphatic carbocycles. The zero-order valence-electron chi connectivity index (χ0n) is 18.3. The third-order valence-electron chi connectivity index (χ3n) is 5.15. The lowest BCUT2D eigenvalue weighted by Crippen LogP contribution is -2.23. The fourth-order valence-corrected chi connectivity index (χ4v) is 3.36. The van der Waals surface area contributed by atoms with Gasteiger partial charge in [-0.1, -0.05) is 12.1 Å². The average molecular weight is 433 g/mol. The molecule has 0 saturated heterocycles. The summed E-state index contributed by atoms with van der Waals surface area (Å²) in [7, 11) is 4.76. The summed E-state index contributed by atoms with van der Waals surface area (Å²) in [5, 5.41) is 7.77. The Morgan fingerprint density at radius 1 is 1.00 bits per heavy atom. The van der Waals surface area contributed by atoms with Crippen LogP contribution in [-0.2, 0) is 13.7 Å². The predicted octanol–water partition coefficient (Wildman–Crippen LogP) is 2.93. The largest absolute Gasteiger partial charge is 0.496 e. The van der Waals surface area contributed by atoms with Crippen molar-refractivity contribution in [2.24, 2.45) is 7.05 Å². The Labute approximate surface area is 184 Å². The van der Waals surface area contributed by atoms with E-state index in [0.29, 0.717) is 23.1 Å². The summed E-state index contributed by atoms with van der Waals surface area (Å²) in [5.41, 5.74) is 3.85. The monoisotopic (exact) mass is 433 g/mol. The number of nitrogens with zero attached hydrogens (tertiary/aromatic N) is 5. The van der Waals surface area contributed by atoms with E-state index in [1.54, 1.807) is 33.5 Å². The summed E-state index contributed by atoms with van der Waals surface area (Å²) in [6, 6.07) is 14.9. The third kappa shape index (κ3) is 4.04. The Hall–Kier alpha value is -4.14. The maximum absolute atomic E-state index is 12.4. The topological polar surface area (TPSA) is 93.3 Å². The van der Waals surface area contributed by atoms with Crippen molar-refractivity contribution in [1.82, 2.24) is 24.8 Å². The van der Waals surface area contributed by atoms with Crippen molar-refractivity contribution >= 4 is 0 Å². The van der Waals surface area contributed by atoms with Crippen molar-refractivity contribution in [2.75, 3.05) is 14.2 Å². The quantitative estimate of drug-likeness (QED) is 0.442. The van der Waals surface area contributed by atoms with Crippen molar-refractivity contribution in [3.8, 4) is 34.2 Å². The minimum absolute atomic E-state index is 0.248. The Kier molecular flexibility index (Phi) is 5.89. The van der Waals surface area contributed by atoms with E-state index in [1.165, 1.54) is 9.36 Å². The lowest BCUT2D eigenvalue weighted by molar-refractivity contribution is 0.304. The van der Waals surface area contributed by atoms with Gasteiger partial charge in [-0.3, -0.25) is 0 Å². The number of pyridine rings is 1. The van der Waals surface area contributed by atoms with Crippen molar-refractivity contribution in [1.29, 1.82) is 0 Å². The van der Waals surface area contributed by atoms with Crippen LogP contribution in [-0.4, -0.2) is 39.0 Å². The molecule has 32 heavy (non-hydrogen) atoms. The lowest BCUT2D eigenvalue weighted by Gasteiger charge is -2.15. The van der Waals surface area contributed by atoms with Crippen molar-refractivity contribution in [2.45, 2.75) is 13.5 Å². The second-order valence-corrected chi connectivity index (χ2v) is 7.11. The molecule has 0 atom stereocenters. The van der Waals surface area contributed by atoms with Crippen LogP contribution in [0.1, 0.15) is 11.1 Å². The summed E-state index contributed by atoms with van der Waals surface area (Å²) in [6.07, 6.45) is 1.72. The Bertz CT molecular complexity index is 1290. The first-order valence-electron chi connectivity index (χ1n) is 9.91. The van der Waals surface area contributed by atoms with Gasteiger partial charge in [-0.15, -0.1) is 0 Å². The van der Waals surface area contributed by atoms with Gasteiger partial charge in [0.1, 0.15) is 18.1 Å². The number of tetrazole rings is 1. The van der Waals surface area contributed by atoms with Gasteiger partial charge in [0.15, 0.2) is 0 Å². The van der Waals surface area contributed by atoms with Gasteiger partial charge in [0, 0.05) is 36.0 Å². The molecule has 9 nitrogen and oxygen atoms in total. The van der Waals surface area contributed by atoms with Crippen LogP contribution in [0.3, 0.4) is 0 Å². The first-order chi connectivity index (χ1) is 15.5. The maximum Gasteiger partial charge on any atom is 0.368 e.